The minimum Gasteiger partial charge on any atom is -0.481 e. The Hall–Kier alpha value is -9.35. The van der Waals surface area contributed by atoms with E-state index in [0.29, 0.717) is 5.75 Å². The lowest BCUT2D eigenvalue weighted by molar-refractivity contribution is -0.147. The Kier molecular flexibility index (Phi) is 47.5. The van der Waals surface area contributed by atoms with Crippen LogP contribution in [0.4, 0.5) is 0 Å². The molecule has 0 heterocycles. The highest BCUT2D eigenvalue weighted by Crippen LogP contribution is 2.17. The van der Waals surface area contributed by atoms with Crippen LogP contribution in [0.15, 0.2) is 0 Å². The maximum atomic E-state index is 14.4. The summed E-state index contributed by atoms with van der Waals surface area (Å²) in [6, 6.07) is -22.5. The first-order chi connectivity index (χ1) is 51.3. The Morgan fingerprint density at radius 3 is 1.11 bits per heavy atom. The van der Waals surface area contributed by atoms with Gasteiger partial charge in [0.05, 0.1) is 31.6 Å². The fourth-order valence-electron chi connectivity index (χ4n) is 10.7. The molecule has 14 amide bonds. The summed E-state index contributed by atoms with van der Waals surface area (Å²) in [5, 5.41) is 90.4. The summed E-state index contributed by atoms with van der Waals surface area (Å²) in [6.07, 6.45) is -3.79. The van der Waals surface area contributed by atoms with Crippen LogP contribution in [0.25, 0.3) is 0 Å². The summed E-state index contributed by atoms with van der Waals surface area (Å²) in [4.78, 5) is 240. The molecular weight excluding hydrogens is 1470 g/mol. The van der Waals surface area contributed by atoms with Crippen LogP contribution in [0.2, 0.25) is 0 Å². The Labute approximate surface area is 644 Å². The number of rotatable bonds is 56. The van der Waals surface area contributed by atoms with Crippen molar-refractivity contribution in [3.05, 3.63) is 0 Å². The van der Waals surface area contributed by atoms with Gasteiger partial charge in [-0.15, -0.1) is 0 Å². The Morgan fingerprint density at radius 2 is 0.709 bits per heavy atom. The van der Waals surface area contributed by atoms with Crippen molar-refractivity contribution in [2.45, 2.75) is 270 Å². The molecule has 0 aromatic carbocycles. The van der Waals surface area contributed by atoms with Crippen LogP contribution >= 0.6 is 11.8 Å². The van der Waals surface area contributed by atoms with Gasteiger partial charge in [0.25, 0.3) is 0 Å². The van der Waals surface area contributed by atoms with Gasteiger partial charge in [-0.1, -0.05) is 82.1 Å². The van der Waals surface area contributed by atoms with Gasteiger partial charge in [0.15, 0.2) is 0 Å². The van der Waals surface area contributed by atoms with Crippen molar-refractivity contribution < 1.29 is 117 Å². The molecule has 0 spiro atoms. The monoisotopic (exact) mass is 1590 g/mol. The first-order valence-corrected chi connectivity index (χ1v) is 38.0. The maximum Gasteiger partial charge on any atom is 0.326 e. The zero-order valence-electron chi connectivity index (χ0n) is 64.9. The number of thioether (sulfide) groups is 1. The topological polar surface area (TPSA) is 663 Å². The number of aliphatic hydroxyl groups is 2. The molecule has 0 aliphatic rings. The van der Waals surface area contributed by atoms with E-state index < -0.39 is 266 Å². The van der Waals surface area contributed by atoms with Gasteiger partial charge < -0.3 is 117 Å². The second-order valence-corrected chi connectivity index (χ2v) is 29.5. The molecule has 40 nitrogen and oxygen atoms in total. The average molecular weight is 1590 g/mol. The number of hydrogen-bond donors (Lipinski definition) is 22. The summed E-state index contributed by atoms with van der Waals surface area (Å²) < 4.78 is 0. The fourth-order valence-corrected chi connectivity index (χ4v) is 11.2. The molecule has 0 aromatic heterocycles. The highest BCUT2D eigenvalue weighted by molar-refractivity contribution is 7.98. The smallest absolute Gasteiger partial charge is 0.326 e. The Morgan fingerprint density at radius 1 is 0.373 bits per heavy atom. The Balaban J connectivity index is 6.96. The van der Waals surface area contributed by atoms with Crippen molar-refractivity contribution in [2.24, 2.45) is 46.8 Å². The molecule has 0 bridgehead atoms. The number of aliphatic carboxylic acids is 4. The number of unbranched alkanes of at least 4 members (excludes halogenated alkanes) is 1. The van der Waals surface area contributed by atoms with Gasteiger partial charge in [-0.3, -0.25) is 81.5 Å². The minimum atomic E-state index is -1.91. The summed E-state index contributed by atoms with van der Waals surface area (Å²) >= 11 is 1.45. The van der Waals surface area contributed by atoms with Crippen LogP contribution in [0, 0.1) is 29.6 Å². The number of aliphatic hydroxyl groups excluding tert-OH is 2. The zero-order chi connectivity index (χ0) is 84.6. The number of hydrogen-bond acceptors (Lipinski definition) is 23. The maximum absolute atomic E-state index is 14.4. The van der Waals surface area contributed by atoms with Crippen LogP contribution < -0.4 is 86.3 Å². The van der Waals surface area contributed by atoms with E-state index in [9.17, 15) is 117 Å². The molecule has 0 aliphatic carbocycles. The molecule has 0 aliphatic heterocycles. The molecule has 0 rings (SSSR count). The van der Waals surface area contributed by atoms with E-state index in [0.717, 1.165) is 6.92 Å². The van der Waals surface area contributed by atoms with Crippen LogP contribution in [0.1, 0.15) is 179 Å². The highest BCUT2D eigenvalue weighted by atomic mass is 32.2. The SMILES string of the molecule is CC[C@H](C)[C@H](NC(=O)[C@H](CO)NC(=O)[C@H](CC(N)=O)NC(=O)[C@H](CC(C)C)NC(=O)[C@H](C)NC(=O)[C@H](CCCCN)NC(=O)[C@H](CCC(=O)O)NC(=O)[C@H](CC(C)C)NC(=O)[C@H](CCC(=O)O)NC(=O)[C@@H](NC(=O)[C@H](CC(C)C)NC(=O)[C@@H](N)CCSC)[C@@H](C)O)C(=O)N[C@H](C(=O)N[C@@H](CC(=O)O)C(=O)O)[C@@H](C)CC. The van der Waals surface area contributed by atoms with Crippen LogP contribution in [-0.2, 0) is 86.3 Å². The van der Waals surface area contributed by atoms with Gasteiger partial charge in [-0.25, -0.2) is 4.79 Å². The second kappa shape index (κ2) is 51.9. The number of amides is 14. The minimum absolute atomic E-state index is 0.0668. The summed E-state index contributed by atoms with van der Waals surface area (Å²) in [7, 11) is 0. The van der Waals surface area contributed by atoms with Gasteiger partial charge in [0.1, 0.15) is 78.5 Å². The van der Waals surface area contributed by atoms with Crippen LogP contribution in [0.5, 0.6) is 0 Å². The molecule has 626 valence electrons. The van der Waals surface area contributed by atoms with Crippen molar-refractivity contribution in [3.63, 3.8) is 0 Å². The van der Waals surface area contributed by atoms with Gasteiger partial charge in [-0.05, 0) is 120 Å². The summed E-state index contributed by atoms with van der Waals surface area (Å²) in [5.41, 5.74) is 17.3. The van der Waals surface area contributed by atoms with Crippen LogP contribution in [-0.4, -0.2) is 253 Å². The standard InChI is InChI=1S/C69H120N16O24S/c1-14-35(9)53(66(105)81-47(69(108)109)30-52(93)94)84-67(106)54(36(10)15-2)83-65(104)48(31-86)82-63(102)46(29-49(72)88)80-62(101)43(26-32(3)4)77-56(95)37(11)73-58(97)40(18-16-17-24-70)74-59(98)41(19-21-50(89)90)75-61(100)44(27-33(5)6)79-60(99)42(20-22-51(91)92)76-68(107)55(38(12)87)85-64(103)45(28-34(7)8)78-57(96)39(71)23-25-110-13/h32-48,53-55,86-87H,14-31,70-71H2,1-13H3,(H2,72,88)(H,73,97)(H,74,98)(H,75,100)(H,76,107)(H,77,95)(H,78,96)(H,79,99)(H,80,101)(H,81,105)(H,82,102)(H,83,104)(H,84,106)(H,85,103)(H,89,90)(H,91,92)(H,93,94)(H,108,109)/t35-,36-,37-,38+,39-,40-,41-,42-,43-,44-,45-,46-,47-,48-,53-,54-,55-/m0/s1. The molecule has 17 atom stereocenters. The first-order valence-electron chi connectivity index (χ1n) is 36.6. The van der Waals surface area contributed by atoms with Gasteiger partial charge in [0, 0.05) is 12.8 Å². The van der Waals surface area contributed by atoms with Gasteiger partial charge >= 0.3 is 23.9 Å². The van der Waals surface area contributed by atoms with E-state index >= 15 is 0 Å². The molecule has 0 unspecified atom stereocenters. The average Bonchev–Trinajstić information content (AvgIpc) is 0.875. The molecule has 0 saturated heterocycles. The van der Waals surface area contributed by atoms with Crippen molar-refractivity contribution in [1.29, 1.82) is 0 Å². The quantitative estimate of drug-likeness (QED) is 0.0254. The molecular formula is C69H120N16O24S. The van der Waals surface area contributed by atoms with Crippen molar-refractivity contribution in [3.8, 4) is 0 Å². The van der Waals surface area contributed by atoms with E-state index in [-0.39, 0.29) is 70.3 Å². The molecule has 0 fully saturated rings. The molecule has 110 heavy (non-hydrogen) atoms. The molecule has 0 saturated carbocycles. The molecule has 41 heteroatoms. The zero-order valence-corrected chi connectivity index (χ0v) is 65.8. The molecule has 25 N–H and O–H groups in total. The summed E-state index contributed by atoms with van der Waals surface area (Å²) in [5.74, 6) is -22.9. The fraction of sp³-hybridized carbons (Fsp3) is 0.739. The number of nitrogens with one attached hydrogen (secondary N) is 13. The van der Waals surface area contributed by atoms with Gasteiger partial charge in [-0.2, -0.15) is 11.8 Å². The second-order valence-electron chi connectivity index (χ2n) is 28.5. The predicted octanol–water partition coefficient (Wildman–Crippen LogP) is -4.71. The van der Waals surface area contributed by atoms with E-state index in [1.807, 2.05) is 6.26 Å². The van der Waals surface area contributed by atoms with E-state index in [4.69, 9.17) is 17.2 Å². The lowest BCUT2D eigenvalue weighted by Crippen LogP contribution is -2.62. The van der Waals surface area contributed by atoms with Crippen molar-refractivity contribution in [1.82, 2.24) is 69.1 Å². The van der Waals surface area contributed by atoms with E-state index in [1.165, 1.54) is 32.5 Å². The third kappa shape index (κ3) is 38.8. The van der Waals surface area contributed by atoms with Crippen LogP contribution in [0.3, 0.4) is 0 Å². The third-order valence-corrected chi connectivity index (χ3v) is 18.0. The number of carbonyl (C=O) groups excluding carboxylic acids is 14. The lowest BCUT2D eigenvalue weighted by atomic mass is 9.94. The lowest BCUT2D eigenvalue weighted by Gasteiger charge is -2.30. The number of carboxylic acids is 4. The third-order valence-electron chi connectivity index (χ3n) is 17.4. The van der Waals surface area contributed by atoms with Crippen molar-refractivity contribution in [2.75, 3.05) is 25.2 Å². The number of carboxylic acid groups (broad SMARTS) is 4. The van der Waals surface area contributed by atoms with Crippen molar-refractivity contribution >= 4 is 118 Å². The number of nitrogens with two attached hydrogens (primary N) is 3. The summed E-state index contributed by atoms with van der Waals surface area (Å²) in [6.45, 7) is 17.7. The number of carbonyl (C=O) groups is 18. The largest absolute Gasteiger partial charge is 0.481 e. The van der Waals surface area contributed by atoms with Gasteiger partial charge in [0.2, 0.25) is 82.7 Å². The highest BCUT2D eigenvalue weighted by Gasteiger charge is 2.40. The van der Waals surface area contributed by atoms with E-state index in [1.54, 1.807) is 55.4 Å². The van der Waals surface area contributed by atoms with E-state index in [2.05, 4.69) is 69.1 Å². The molecule has 0 aromatic rings. The normalized spacial score (nSPS) is 15.9. The molecule has 0 radical (unpaired) electrons. The number of primary amides is 1. The Bertz CT molecular complexity index is 3130. The first kappa shape index (κ1) is 101. The predicted molar refractivity (Wildman–Crippen MR) is 398 cm³/mol.